The van der Waals surface area contributed by atoms with Crippen LogP contribution in [-0.2, 0) is 4.79 Å². The number of nitrogens with one attached hydrogen (secondary N) is 1. The fourth-order valence-corrected chi connectivity index (χ4v) is 2.47. The lowest BCUT2D eigenvalue weighted by Gasteiger charge is -2.08. The van der Waals surface area contributed by atoms with E-state index in [0.29, 0.717) is 22.7 Å². The standard InChI is InChI=1S/C23H16N2O4/c24-15-18(14-16-6-8-17(9-7-16)23(27)28)22(26)25-19-10-12-21(13-11-19)29-20-4-2-1-3-5-20/h1-14H,(H,25,26)(H,27,28)/b18-14+. The number of carbonyl (C=O) groups is 2. The van der Waals surface area contributed by atoms with Gasteiger partial charge in [-0.25, -0.2) is 4.79 Å². The molecule has 3 aromatic carbocycles. The molecule has 0 bridgehead atoms. The summed E-state index contributed by atoms with van der Waals surface area (Å²) in [7, 11) is 0. The number of amides is 1. The number of benzene rings is 3. The fourth-order valence-electron chi connectivity index (χ4n) is 2.47. The van der Waals surface area contributed by atoms with Crippen molar-refractivity contribution >= 4 is 23.6 Å². The second-order valence-electron chi connectivity index (χ2n) is 5.99. The molecule has 29 heavy (non-hydrogen) atoms. The third kappa shape index (κ3) is 5.31. The quantitative estimate of drug-likeness (QED) is 0.473. The van der Waals surface area contributed by atoms with Crippen LogP contribution in [0.2, 0.25) is 0 Å². The molecule has 3 rings (SSSR count). The maximum atomic E-state index is 12.4. The molecule has 0 atom stereocenters. The summed E-state index contributed by atoms with van der Waals surface area (Å²) in [5, 5.41) is 20.9. The molecule has 0 aliphatic heterocycles. The summed E-state index contributed by atoms with van der Waals surface area (Å²) in [5.74, 6) is -0.290. The van der Waals surface area contributed by atoms with Crippen LogP contribution in [0.5, 0.6) is 11.5 Å². The second kappa shape index (κ2) is 9.02. The van der Waals surface area contributed by atoms with Gasteiger partial charge in [-0.05, 0) is 60.2 Å². The maximum absolute atomic E-state index is 12.4. The van der Waals surface area contributed by atoms with Crippen LogP contribution in [0, 0.1) is 11.3 Å². The Labute approximate surface area is 167 Å². The Bertz CT molecular complexity index is 1080. The number of rotatable bonds is 6. The normalized spacial score (nSPS) is 10.7. The number of anilines is 1. The minimum absolute atomic E-state index is 0.0994. The van der Waals surface area contributed by atoms with Gasteiger partial charge in [-0.2, -0.15) is 5.26 Å². The summed E-state index contributed by atoms with van der Waals surface area (Å²) in [6.45, 7) is 0. The maximum Gasteiger partial charge on any atom is 0.335 e. The molecular formula is C23H16N2O4. The van der Waals surface area contributed by atoms with Gasteiger partial charge in [0.25, 0.3) is 5.91 Å². The van der Waals surface area contributed by atoms with Gasteiger partial charge in [0.05, 0.1) is 5.56 Å². The van der Waals surface area contributed by atoms with Crippen LogP contribution in [0.4, 0.5) is 5.69 Å². The number of nitrogens with zero attached hydrogens (tertiary/aromatic N) is 1. The first-order valence-corrected chi connectivity index (χ1v) is 8.64. The first-order chi connectivity index (χ1) is 14.0. The highest BCUT2D eigenvalue weighted by molar-refractivity contribution is 6.09. The zero-order valence-corrected chi connectivity index (χ0v) is 15.2. The number of para-hydroxylation sites is 1. The van der Waals surface area contributed by atoms with E-state index in [-0.39, 0.29) is 11.1 Å². The van der Waals surface area contributed by atoms with Gasteiger partial charge in [-0.1, -0.05) is 30.3 Å². The molecule has 0 aliphatic rings. The van der Waals surface area contributed by atoms with Crippen LogP contribution in [0.15, 0.2) is 84.4 Å². The van der Waals surface area contributed by atoms with Crippen molar-refractivity contribution in [1.82, 2.24) is 0 Å². The largest absolute Gasteiger partial charge is 0.478 e. The van der Waals surface area contributed by atoms with Gasteiger partial charge in [0.15, 0.2) is 0 Å². The Morgan fingerprint density at radius 1 is 0.897 bits per heavy atom. The van der Waals surface area contributed by atoms with Crippen molar-refractivity contribution in [3.8, 4) is 17.6 Å². The number of carboxylic acid groups (broad SMARTS) is 1. The van der Waals surface area contributed by atoms with E-state index in [1.807, 2.05) is 36.4 Å². The van der Waals surface area contributed by atoms with Gasteiger partial charge >= 0.3 is 5.97 Å². The van der Waals surface area contributed by atoms with Crippen LogP contribution >= 0.6 is 0 Å². The topological polar surface area (TPSA) is 99.4 Å². The minimum atomic E-state index is -1.04. The van der Waals surface area contributed by atoms with Crippen molar-refractivity contribution in [2.75, 3.05) is 5.32 Å². The highest BCUT2D eigenvalue weighted by Crippen LogP contribution is 2.23. The number of carboxylic acids is 1. The molecule has 3 aromatic rings. The van der Waals surface area contributed by atoms with Crippen LogP contribution < -0.4 is 10.1 Å². The van der Waals surface area contributed by atoms with Crippen molar-refractivity contribution in [2.24, 2.45) is 0 Å². The van der Waals surface area contributed by atoms with Crippen molar-refractivity contribution in [1.29, 1.82) is 5.26 Å². The van der Waals surface area contributed by atoms with E-state index in [0.717, 1.165) is 0 Å². The van der Waals surface area contributed by atoms with Gasteiger partial charge in [-0.15, -0.1) is 0 Å². The lowest BCUT2D eigenvalue weighted by molar-refractivity contribution is -0.112. The molecule has 1 amide bonds. The van der Waals surface area contributed by atoms with Gasteiger partial charge in [0.1, 0.15) is 23.1 Å². The number of ether oxygens (including phenoxy) is 1. The zero-order valence-electron chi connectivity index (χ0n) is 15.2. The highest BCUT2D eigenvalue weighted by atomic mass is 16.5. The lowest BCUT2D eigenvalue weighted by Crippen LogP contribution is -2.13. The highest BCUT2D eigenvalue weighted by Gasteiger charge is 2.10. The molecular weight excluding hydrogens is 368 g/mol. The Morgan fingerprint density at radius 3 is 2.10 bits per heavy atom. The number of hydrogen-bond acceptors (Lipinski definition) is 4. The number of nitriles is 1. The minimum Gasteiger partial charge on any atom is -0.478 e. The van der Waals surface area contributed by atoms with E-state index >= 15 is 0 Å². The molecule has 0 unspecified atom stereocenters. The van der Waals surface area contributed by atoms with E-state index in [1.165, 1.54) is 30.3 Å². The lowest BCUT2D eigenvalue weighted by atomic mass is 10.1. The molecule has 0 radical (unpaired) electrons. The molecule has 0 aliphatic carbocycles. The molecule has 0 aromatic heterocycles. The summed E-state index contributed by atoms with van der Waals surface area (Å²) >= 11 is 0. The Morgan fingerprint density at radius 2 is 1.52 bits per heavy atom. The summed E-state index contributed by atoms with van der Waals surface area (Å²) in [5.41, 5.74) is 1.09. The molecule has 0 heterocycles. The molecule has 0 saturated heterocycles. The Hall–Kier alpha value is -4.37. The molecule has 2 N–H and O–H groups in total. The number of carbonyl (C=O) groups excluding carboxylic acids is 1. The van der Waals surface area contributed by atoms with Gasteiger partial charge < -0.3 is 15.2 Å². The van der Waals surface area contributed by atoms with E-state index in [4.69, 9.17) is 9.84 Å². The van der Waals surface area contributed by atoms with Crippen LogP contribution in [0.25, 0.3) is 6.08 Å². The zero-order chi connectivity index (χ0) is 20.6. The van der Waals surface area contributed by atoms with Gasteiger partial charge in [0, 0.05) is 5.69 Å². The van der Waals surface area contributed by atoms with Crippen LogP contribution in [0.3, 0.4) is 0 Å². The predicted molar refractivity (Wildman–Crippen MR) is 109 cm³/mol. The average Bonchev–Trinajstić information content (AvgIpc) is 2.74. The molecule has 142 valence electrons. The molecule has 0 fully saturated rings. The summed E-state index contributed by atoms with van der Waals surface area (Å²) in [6, 6.07) is 23.8. The first-order valence-electron chi connectivity index (χ1n) is 8.64. The third-order valence-electron chi connectivity index (χ3n) is 3.92. The van der Waals surface area contributed by atoms with E-state index in [2.05, 4.69) is 5.32 Å². The number of hydrogen-bond donors (Lipinski definition) is 2. The van der Waals surface area contributed by atoms with E-state index in [1.54, 1.807) is 24.3 Å². The third-order valence-corrected chi connectivity index (χ3v) is 3.92. The van der Waals surface area contributed by atoms with Crippen molar-refractivity contribution in [3.63, 3.8) is 0 Å². The monoisotopic (exact) mass is 384 g/mol. The van der Waals surface area contributed by atoms with Gasteiger partial charge in [0.2, 0.25) is 0 Å². The van der Waals surface area contributed by atoms with Crippen LogP contribution in [-0.4, -0.2) is 17.0 Å². The summed E-state index contributed by atoms with van der Waals surface area (Å²) in [6.07, 6.45) is 1.40. The number of aromatic carboxylic acids is 1. The summed E-state index contributed by atoms with van der Waals surface area (Å²) in [4.78, 5) is 23.3. The van der Waals surface area contributed by atoms with Crippen molar-refractivity contribution < 1.29 is 19.4 Å². The van der Waals surface area contributed by atoms with Crippen LogP contribution in [0.1, 0.15) is 15.9 Å². The molecule has 0 saturated carbocycles. The van der Waals surface area contributed by atoms with E-state index < -0.39 is 11.9 Å². The smallest absolute Gasteiger partial charge is 0.335 e. The first kappa shape index (κ1) is 19.4. The average molecular weight is 384 g/mol. The molecule has 6 heteroatoms. The van der Waals surface area contributed by atoms with E-state index in [9.17, 15) is 14.9 Å². The molecule has 0 spiro atoms. The second-order valence-corrected chi connectivity index (χ2v) is 5.99. The SMILES string of the molecule is N#C/C(=C\c1ccc(C(=O)O)cc1)C(=O)Nc1ccc(Oc2ccccc2)cc1. The Kier molecular flexibility index (Phi) is 6.03. The predicted octanol–water partition coefficient (Wildman–Crippen LogP) is 4.72. The van der Waals surface area contributed by atoms with Crippen molar-refractivity contribution in [3.05, 3.63) is 95.6 Å². The Balaban J connectivity index is 1.67. The molecule has 6 nitrogen and oxygen atoms in total. The van der Waals surface area contributed by atoms with Crippen molar-refractivity contribution in [2.45, 2.75) is 0 Å². The van der Waals surface area contributed by atoms with Gasteiger partial charge in [-0.3, -0.25) is 4.79 Å². The fraction of sp³-hybridized carbons (Fsp3) is 0. The summed E-state index contributed by atoms with van der Waals surface area (Å²) < 4.78 is 5.69.